The molecule has 1 atom stereocenters. The van der Waals surface area contributed by atoms with Crippen LogP contribution in [0.15, 0.2) is 18.2 Å². The number of carboxylic acid groups (broad SMARTS) is 1. The van der Waals surface area contributed by atoms with E-state index in [-0.39, 0.29) is 6.54 Å². The molecule has 2 amide bonds. The highest BCUT2D eigenvalue weighted by molar-refractivity contribution is 5.76. The minimum absolute atomic E-state index is 0.327. The fourth-order valence-corrected chi connectivity index (χ4v) is 1.59. The van der Waals surface area contributed by atoms with E-state index in [1.54, 1.807) is 0 Å². The molecule has 0 bridgehead atoms. The highest BCUT2D eigenvalue weighted by Gasteiger charge is 2.17. The van der Waals surface area contributed by atoms with Crippen LogP contribution in [0.3, 0.4) is 0 Å². The van der Waals surface area contributed by atoms with Gasteiger partial charge in [-0.25, -0.2) is 9.59 Å². The van der Waals surface area contributed by atoms with Crippen LogP contribution in [0.4, 0.5) is 4.79 Å². The van der Waals surface area contributed by atoms with Crippen LogP contribution < -0.4 is 5.32 Å². The molecule has 110 valence electrons. The van der Waals surface area contributed by atoms with Gasteiger partial charge in [0.05, 0.1) is 18.8 Å². The fourth-order valence-electron chi connectivity index (χ4n) is 1.59. The molecular formula is C13H19N3O4. The molecule has 1 heterocycles. The number of carbonyl (C=O) groups is 2. The van der Waals surface area contributed by atoms with Gasteiger partial charge in [0.25, 0.3) is 0 Å². The van der Waals surface area contributed by atoms with Crippen LogP contribution in [0.25, 0.3) is 0 Å². The largest absolute Gasteiger partial charge is 0.479 e. The molecule has 7 heteroatoms. The first-order valence-corrected chi connectivity index (χ1v) is 6.30. The topological polar surface area (TPSA) is 103 Å². The zero-order chi connectivity index (χ0) is 15.1. The van der Waals surface area contributed by atoms with Crippen molar-refractivity contribution in [1.29, 1.82) is 0 Å². The van der Waals surface area contributed by atoms with Gasteiger partial charge >= 0.3 is 12.0 Å². The summed E-state index contributed by atoms with van der Waals surface area (Å²) < 4.78 is 0. The Labute approximate surface area is 117 Å². The van der Waals surface area contributed by atoms with E-state index in [0.717, 1.165) is 11.4 Å². The third-order valence-electron chi connectivity index (χ3n) is 2.70. The van der Waals surface area contributed by atoms with E-state index in [0.29, 0.717) is 13.1 Å². The molecule has 1 rings (SSSR count). The van der Waals surface area contributed by atoms with Gasteiger partial charge in [-0.15, -0.1) is 0 Å². The molecule has 0 saturated carbocycles. The summed E-state index contributed by atoms with van der Waals surface area (Å²) in [6, 6.07) is 5.10. The number of carbonyl (C=O) groups excluding carboxylic acids is 1. The molecule has 3 N–H and O–H groups in total. The van der Waals surface area contributed by atoms with Gasteiger partial charge in [-0.1, -0.05) is 6.07 Å². The van der Waals surface area contributed by atoms with Crippen LogP contribution >= 0.6 is 0 Å². The van der Waals surface area contributed by atoms with Crippen LogP contribution in [0.1, 0.15) is 18.3 Å². The zero-order valence-corrected chi connectivity index (χ0v) is 11.5. The third-order valence-corrected chi connectivity index (χ3v) is 2.70. The number of amides is 2. The lowest BCUT2D eigenvalue weighted by Gasteiger charge is -2.21. The Balaban J connectivity index is 2.57. The molecule has 0 aliphatic carbocycles. The van der Waals surface area contributed by atoms with Gasteiger partial charge in [-0.3, -0.25) is 4.98 Å². The van der Waals surface area contributed by atoms with Gasteiger partial charge in [-0.2, -0.15) is 0 Å². The highest BCUT2D eigenvalue weighted by atomic mass is 16.4. The third kappa shape index (κ3) is 4.85. The first-order chi connectivity index (χ1) is 9.43. The molecule has 1 aromatic heterocycles. The number of rotatable bonds is 6. The number of hydrogen-bond acceptors (Lipinski definition) is 4. The normalized spacial score (nSPS) is 11.8. The van der Waals surface area contributed by atoms with E-state index in [1.807, 2.05) is 32.0 Å². The van der Waals surface area contributed by atoms with Crippen LogP contribution in [-0.4, -0.2) is 51.3 Å². The molecule has 0 aliphatic rings. The highest BCUT2D eigenvalue weighted by Crippen LogP contribution is 2.03. The number of aryl methyl sites for hydroxylation is 1. The Hall–Kier alpha value is -2.15. The van der Waals surface area contributed by atoms with E-state index < -0.39 is 18.1 Å². The standard InChI is InChI=1S/C13H19N3O4/c1-3-16(8-10-6-4-5-9(2)15-10)13(20)14-7-11(17)12(18)19/h4-6,11,17H,3,7-8H2,1-2H3,(H,14,20)(H,18,19)/t11-/m0/s1. The predicted octanol–water partition coefficient (Wildman–Crippen LogP) is 0.367. The Morgan fingerprint density at radius 3 is 2.70 bits per heavy atom. The molecule has 0 aromatic carbocycles. The lowest BCUT2D eigenvalue weighted by molar-refractivity contribution is -0.146. The van der Waals surface area contributed by atoms with Gasteiger partial charge in [0.15, 0.2) is 6.10 Å². The number of aromatic nitrogens is 1. The second-order valence-corrected chi connectivity index (χ2v) is 4.32. The van der Waals surface area contributed by atoms with Crippen molar-refractivity contribution in [2.24, 2.45) is 0 Å². The van der Waals surface area contributed by atoms with E-state index >= 15 is 0 Å². The fraction of sp³-hybridized carbons (Fsp3) is 0.462. The molecule has 20 heavy (non-hydrogen) atoms. The lowest BCUT2D eigenvalue weighted by Crippen LogP contribution is -2.44. The quantitative estimate of drug-likeness (QED) is 0.699. The number of aliphatic hydroxyl groups excluding tert-OH is 1. The zero-order valence-electron chi connectivity index (χ0n) is 11.5. The first-order valence-electron chi connectivity index (χ1n) is 6.30. The SMILES string of the molecule is CCN(Cc1cccc(C)n1)C(=O)NC[C@H](O)C(=O)O. The molecule has 0 aliphatic heterocycles. The van der Waals surface area contributed by atoms with E-state index in [9.17, 15) is 9.59 Å². The minimum Gasteiger partial charge on any atom is -0.479 e. The second-order valence-electron chi connectivity index (χ2n) is 4.32. The van der Waals surface area contributed by atoms with Gasteiger partial charge in [0.1, 0.15) is 0 Å². The van der Waals surface area contributed by atoms with Gasteiger partial charge in [-0.05, 0) is 26.0 Å². The second kappa shape index (κ2) is 7.44. The number of hydrogen-bond donors (Lipinski definition) is 3. The molecule has 0 fully saturated rings. The van der Waals surface area contributed by atoms with Crippen molar-refractivity contribution in [1.82, 2.24) is 15.2 Å². The molecule has 0 saturated heterocycles. The maximum absolute atomic E-state index is 11.9. The monoisotopic (exact) mass is 281 g/mol. The molecule has 0 spiro atoms. The van der Waals surface area contributed by atoms with Crippen molar-refractivity contribution < 1.29 is 19.8 Å². The van der Waals surface area contributed by atoms with Crippen LogP contribution in [-0.2, 0) is 11.3 Å². The summed E-state index contributed by atoms with van der Waals surface area (Å²) >= 11 is 0. The maximum atomic E-state index is 11.9. The number of pyridine rings is 1. The van der Waals surface area contributed by atoms with E-state index in [4.69, 9.17) is 10.2 Å². The van der Waals surface area contributed by atoms with Crippen molar-refractivity contribution in [3.63, 3.8) is 0 Å². The summed E-state index contributed by atoms with van der Waals surface area (Å²) in [5, 5.41) is 20.0. The number of aliphatic carboxylic acids is 1. The Bertz CT molecular complexity index is 478. The molecule has 0 radical (unpaired) electrons. The Morgan fingerprint density at radius 1 is 1.45 bits per heavy atom. The minimum atomic E-state index is -1.60. The number of nitrogens with zero attached hydrogens (tertiary/aromatic N) is 2. The van der Waals surface area contributed by atoms with Crippen molar-refractivity contribution in [3.8, 4) is 0 Å². The van der Waals surface area contributed by atoms with Crippen molar-refractivity contribution in [2.75, 3.05) is 13.1 Å². The summed E-state index contributed by atoms with van der Waals surface area (Å²) in [6.45, 7) is 4.12. The summed E-state index contributed by atoms with van der Waals surface area (Å²) in [5.41, 5.74) is 1.61. The smallest absolute Gasteiger partial charge is 0.334 e. The van der Waals surface area contributed by atoms with E-state index in [1.165, 1.54) is 4.90 Å². The summed E-state index contributed by atoms with van der Waals surface area (Å²) in [4.78, 5) is 28.1. The summed E-state index contributed by atoms with van der Waals surface area (Å²) in [7, 11) is 0. The summed E-state index contributed by atoms with van der Waals surface area (Å²) in [5.74, 6) is -1.37. The van der Waals surface area contributed by atoms with Crippen molar-refractivity contribution >= 4 is 12.0 Å². The van der Waals surface area contributed by atoms with E-state index in [2.05, 4.69) is 10.3 Å². The van der Waals surface area contributed by atoms with Crippen LogP contribution in [0.5, 0.6) is 0 Å². The number of carboxylic acids is 1. The van der Waals surface area contributed by atoms with Crippen molar-refractivity contribution in [3.05, 3.63) is 29.6 Å². The predicted molar refractivity (Wildman–Crippen MR) is 72.1 cm³/mol. The number of nitrogens with one attached hydrogen (secondary N) is 1. The van der Waals surface area contributed by atoms with Gasteiger partial charge < -0.3 is 20.4 Å². The van der Waals surface area contributed by atoms with Gasteiger partial charge in [0, 0.05) is 12.2 Å². The Morgan fingerprint density at radius 2 is 2.15 bits per heavy atom. The average molecular weight is 281 g/mol. The van der Waals surface area contributed by atoms with Gasteiger partial charge in [0.2, 0.25) is 0 Å². The number of urea groups is 1. The molecular weight excluding hydrogens is 262 g/mol. The first kappa shape index (κ1) is 15.9. The van der Waals surface area contributed by atoms with Crippen LogP contribution in [0, 0.1) is 6.92 Å². The molecule has 0 unspecified atom stereocenters. The molecule has 1 aromatic rings. The Kier molecular flexibility index (Phi) is 5.92. The maximum Gasteiger partial charge on any atom is 0.334 e. The number of aliphatic hydroxyl groups is 1. The van der Waals surface area contributed by atoms with Crippen LogP contribution in [0.2, 0.25) is 0 Å². The molecule has 7 nitrogen and oxygen atoms in total. The average Bonchev–Trinajstić information content (AvgIpc) is 2.41. The summed E-state index contributed by atoms with van der Waals surface area (Å²) in [6.07, 6.45) is -1.60. The van der Waals surface area contributed by atoms with Crippen molar-refractivity contribution in [2.45, 2.75) is 26.5 Å². The lowest BCUT2D eigenvalue weighted by atomic mass is 10.3.